The molecule has 1 saturated heterocycles. The van der Waals surface area contributed by atoms with E-state index in [1.165, 1.54) is 4.90 Å². The maximum absolute atomic E-state index is 14.4. The van der Waals surface area contributed by atoms with Gasteiger partial charge in [-0.2, -0.15) is 0 Å². The lowest BCUT2D eigenvalue weighted by Crippen LogP contribution is -2.34. The van der Waals surface area contributed by atoms with Gasteiger partial charge in [-0.25, -0.2) is 4.39 Å². The molecule has 0 saturated carbocycles. The van der Waals surface area contributed by atoms with E-state index in [1.54, 1.807) is 6.07 Å². The van der Waals surface area contributed by atoms with Crippen LogP contribution in [0.1, 0.15) is 24.0 Å². The molecule has 1 fully saturated rings. The first-order chi connectivity index (χ1) is 10.1. The van der Waals surface area contributed by atoms with Crippen LogP contribution in [0.15, 0.2) is 12.1 Å². The normalized spacial score (nSPS) is 17.0. The molecule has 2 aliphatic rings. The third-order valence-electron chi connectivity index (χ3n) is 3.99. The summed E-state index contributed by atoms with van der Waals surface area (Å²) in [4.78, 5) is 24.9. The standard InChI is InChI=1S/C15H18FN3O2.ClH/c16-15-11-5-6-17-8-10(11)3-4-12(15)18-13(20)9-19-7-1-2-14(19)21;/h3-4,17H,1-2,5-9H2,(H,18,20);1H. The second-order valence-corrected chi connectivity index (χ2v) is 5.46. The summed E-state index contributed by atoms with van der Waals surface area (Å²) in [7, 11) is 0. The minimum absolute atomic E-state index is 0. The Morgan fingerprint density at radius 2 is 2.18 bits per heavy atom. The number of rotatable bonds is 3. The Labute approximate surface area is 134 Å². The maximum atomic E-state index is 14.4. The summed E-state index contributed by atoms with van der Waals surface area (Å²) in [6.45, 7) is 1.99. The largest absolute Gasteiger partial charge is 0.333 e. The molecular formula is C15H19ClFN3O2. The molecule has 120 valence electrons. The summed E-state index contributed by atoms with van der Waals surface area (Å²) >= 11 is 0. The van der Waals surface area contributed by atoms with Crippen molar-refractivity contribution in [1.82, 2.24) is 10.2 Å². The Kier molecular flexibility index (Phi) is 5.37. The van der Waals surface area contributed by atoms with Crippen LogP contribution in [0.3, 0.4) is 0 Å². The first-order valence-corrected chi connectivity index (χ1v) is 7.24. The van der Waals surface area contributed by atoms with Gasteiger partial charge in [0.1, 0.15) is 5.82 Å². The van der Waals surface area contributed by atoms with Crippen molar-refractivity contribution in [1.29, 1.82) is 0 Å². The van der Waals surface area contributed by atoms with Crippen molar-refractivity contribution in [3.05, 3.63) is 29.1 Å². The number of halogens is 2. The fraction of sp³-hybridized carbons (Fsp3) is 0.467. The number of hydrogen-bond acceptors (Lipinski definition) is 3. The van der Waals surface area contributed by atoms with Crippen molar-refractivity contribution < 1.29 is 14.0 Å². The molecule has 0 aliphatic carbocycles. The van der Waals surface area contributed by atoms with E-state index < -0.39 is 0 Å². The molecule has 7 heteroatoms. The first kappa shape index (κ1) is 16.7. The summed E-state index contributed by atoms with van der Waals surface area (Å²) in [6.07, 6.45) is 1.90. The third kappa shape index (κ3) is 3.39. The van der Waals surface area contributed by atoms with Crippen LogP contribution in [0.2, 0.25) is 0 Å². The van der Waals surface area contributed by atoms with Gasteiger partial charge in [0.05, 0.1) is 12.2 Å². The molecule has 0 bridgehead atoms. The number of nitrogens with one attached hydrogen (secondary N) is 2. The molecule has 0 aromatic heterocycles. The van der Waals surface area contributed by atoms with E-state index >= 15 is 0 Å². The van der Waals surface area contributed by atoms with E-state index in [0.717, 1.165) is 18.5 Å². The van der Waals surface area contributed by atoms with Crippen molar-refractivity contribution in [3.63, 3.8) is 0 Å². The SMILES string of the molecule is Cl.O=C(CN1CCCC1=O)Nc1ccc2c(c1F)CCNC2. The molecule has 5 nitrogen and oxygen atoms in total. The summed E-state index contributed by atoms with van der Waals surface area (Å²) in [5, 5.41) is 5.76. The van der Waals surface area contributed by atoms with Crippen LogP contribution < -0.4 is 10.6 Å². The predicted molar refractivity (Wildman–Crippen MR) is 83.5 cm³/mol. The summed E-state index contributed by atoms with van der Waals surface area (Å²) in [5.74, 6) is -0.713. The summed E-state index contributed by atoms with van der Waals surface area (Å²) in [5.41, 5.74) is 1.81. The van der Waals surface area contributed by atoms with E-state index in [0.29, 0.717) is 31.5 Å². The third-order valence-corrected chi connectivity index (χ3v) is 3.99. The number of benzene rings is 1. The van der Waals surface area contributed by atoms with Gasteiger partial charge in [0.15, 0.2) is 0 Å². The molecule has 22 heavy (non-hydrogen) atoms. The van der Waals surface area contributed by atoms with Crippen LogP contribution in [-0.2, 0) is 22.6 Å². The lowest BCUT2D eigenvalue weighted by molar-refractivity contribution is -0.131. The molecule has 1 aromatic rings. The highest BCUT2D eigenvalue weighted by molar-refractivity contribution is 5.95. The Hall–Kier alpha value is -1.66. The van der Waals surface area contributed by atoms with Gasteiger partial charge in [-0.05, 0) is 36.6 Å². The highest BCUT2D eigenvalue weighted by Crippen LogP contribution is 2.24. The van der Waals surface area contributed by atoms with Gasteiger partial charge < -0.3 is 15.5 Å². The van der Waals surface area contributed by atoms with Gasteiger partial charge >= 0.3 is 0 Å². The average Bonchev–Trinajstić information content (AvgIpc) is 2.87. The zero-order valence-electron chi connectivity index (χ0n) is 12.2. The molecule has 0 atom stereocenters. The maximum Gasteiger partial charge on any atom is 0.244 e. The molecule has 2 amide bonds. The van der Waals surface area contributed by atoms with Crippen molar-refractivity contribution >= 4 is 29.9 Å². The lowest BCUT2D eigenvalue weighted by atomic mass is 9.99. The fourth-order valence-electron chi connectivity index (χ4n) is 2.86. The van der Waals surface area contributed by atoms with Gasteiger partial charge in [-0.3, -0.25) is 9.59 Å². The van der Waals surface area contributed by atoms with Gasteiger partial charge in [-0.1, -0.05) is 6.07 Å². The predicted octanol–water partition coefficient (Wildman–Crippen LogP) is 1.45. The zero-order chi connectivity index (χ0) is 14.8. The fourth-order valence-corrected chi connectivity index (χ4v) is 2.86. The second kappa shape index (κ2) is 7.07. The number of hydrogen-bond donors (Lipinski definition) is 2. The molecule has 3 rings (SSSR count). The van der Waals surface area contributed by atoms with Gasteiger partial charge in [0, 0.05) is 19.5 Å². The Morgan fingerprint density at radius 1 is 1.36 bits per heavy atom. The van der Waals surface area contributed by atoms with Crippen LogP contribution in [0.25, 0.3) is 0 Å². The van der Waals surface area contributed by atoms with E-state index in [9.17, 15) is 14.0 Å². The minimum Gasteiger partial charge on any atom is -0.333 e. The van der Waals surface area contributed by atoms with Crippen LogP contribution in [0, 0.1) is 5.82 Å². The highest BCUT2D eigenvalue weighted by Gasteiger charge is 2.23. The number of carbonyl (C=O) groups excluding carboxylic acids is 2. The number of likely N-dealkylation sites (tertiary alicyclic amines) is 1. The molecule has 1 aromatic carbocycles. The summed E-state index contributed by atoms with van der Waals surface area (Å²) in [6, 6.07) is 3.42. The lowest BCUT2D eigenvalue weighted by Gasteiger charge is -2.20. The van der Waals surface area contributed by atoms with Crippen molar-refractivity contribution in [2.45, 2.75) is 25.8 Å². The summed E-state index contributed by atoms with van der Waals surface area (Å²) < 4.78 is 14.4. The van der Waals surface area contributed by atoms with Crippen LogP contribution in [0.4, 0.5) is 10.1 Å². The minimum atomic E-state index is -0.352. The van der Waals surface area contributed by atoms with E-state index in [4.69, 9.17) is 0 Å². The Bertz CT molecular complexity index is 594. The molecule has 2 heterocycles. The Morgan fingerprint density at radius 3 is 2.91 bits per heavy atom. The average molecular weight is 328 g/mol. The van der Waals surface area contributed by atoms with Crippen LogP contribution >= 0.6 is 12.4 Å². The van der Waals surface area contributed by atoms with Gasteiger partial charge in [0.25, 0.3) is 0 Å². The van der Waals surface area contributed by atoms with Crippen LogP contribution in [-0.4, -0.2) is 36.3 Å². The first-order valence-electron chi connectivity index (χ1n) is 7.24. The van der Waals surface area contributed by atoms with Gasteiger partial charge in [-0.15, -0.1) is 12.4 Å². The molecule has 2 N–H and O–H groups in total. The van der Waals surface area contributed by atoms with Crippen molar-refractivity contribution in [3.8, 4) is 0 Å². The van der Waals surface area contributed by atoms with E-state index in [1.807, 2.05) is 6.07 Å². The highest BCUT2D eigenvalue weighted by atomic mass is 35.5. The number of carbonyl (C=O) groups is 2. The molecule has 0 radical (unpaired) electrons. The monoisotopic (exact) mass is 327 g/mol. The van der Waals surface area contributed by atoms with Crippen molar-refractivity contribution in [2.24, 2.45) is 0 Å². The van der Waals surface area contributed by atoms with E-state index in [2.05, 4.69) is 10.6 Å². The molecule has 2 aliphatic heterocycles. The van der Waals surface area contributed by atoms with Gasteiger partial charge in [0.2, 0.25) is 11.8 Å². The second-order valence-electron chi connectivity index (χ2n) is 5.46. The quantitative estimate of drug-likeness (QED) is 0.883. The van der Waals surface area contributed by atoms with Crippen LogP contribution in [0.5, 0.6) is 0 Å². The Balaban J connectivity index is 0.00000176. The number of fused-ring (bicyclic) bond motifs is 1. The number of amides is 2. The molecular weight excluding hydrogens is 309 g/mol. The smallest absolute Gasteiger partial charge is 0.244 e. The molecule has 0 unspecified atom stereocenters. The van der Waals surface area contributed by atoms with Crippen molar-refractivity contribution in [2.75, 3.05) is 25.0 Å². The zero-order valence-corrected chi connectivity index (χ0v) is 13.0. The van der Waals surface area contributed by atoms with E-state index in [-0.39, 0.29) is 42.3 Å². The number of nitrogens with zero attached hydrogens (tertiary/aromatic N) is 1. The number of anilines is 1. The topological polar surface area (TPSA) is 61.4 Å². The molecule has 0 spiro atoms.